The lowest BCUT2D eigenvalue weighted by Gasteiger charge is -2.10. The number of aromatic nitrogens is 2. The molecule has 2 N–H and O–H groups in total. The van der Waals surface area contributed by atoms with Crippen molar-refractivity contribution in [2.75, 3.05) is 19.0 Å². The summed E-state index contributed by atoms with van der Waals surface area (Å²) in [6.07, 6.45) is 9.98. The van der Waals surface area contributed by atoms with Crippen molar-refractivity contribution in [3.05, 3.63) is 41.7 Å². The summed E-state index contributed by atoms with van der Waals surface area (Å²) >= 11 is 0. The third-order valence-corrected chi connectivity index (χ3v) is 5.33. The van der Waals surface area contributed by atoms with Crippen LogP contribution >= 0.6 is 0 Å². The minimum absolute atomic E-state index is 0.283. The summed E-state index contributed by atoms with van der Waals surface area (Å²) in [5, 5.41) is 4.34. The standard InChI is InChI=1S/C25H30N4O5/c1-4-5-6-7-8-9-11-34-25(32)29-19-14-20(27-16(2)30)24-22-17(15-26-23(19)22)13-18(28-24)21(31)10-12-33-3/h10,12-15,28H,4-9,11H2,1-3H3,(H,27,30)/b12-10-,29-19-. The summed E-state index contributed by atoms with van der Waals surface area (Å²) in [6.45, 7) is 3.85. The number of benzene rings is 1. The molecule has 0 saturated heterocycles. The number of unbranched alkanes of at least 4 members (excludes halogenated alkanes) is 5. The Morgan fingerprint density at radius 1 is 1.15 bits per heavy atom. The van der Waals surface area contributed by atoms with Crippen LogP contribution in [0, 0.1) is 0 Å². The molecule has 2 aromatic heterocycles. The number of carbonyl (C=O) groups is 3. The molecule has 2 heterocycles. The number of methoxy groups -OCH3 is 1. The maximum atomic E-state index is 12.5. The summed E-state index contributed by atoms with van der Waals surface area (Å²) < 4.78 is 10.1. The molecule has 0 aliphatic rings. The van der Waals surface area contributed by atoms with Crippen LogP contribution in [-0.2, 0) is 14.3 Å². The summed E-state index contributed by atoms with van der Waals surface area (Å²) in [6, 6.07) is 3.20. The van der Waals surface area contributed by atoms with Gasteiger partial charge in [0.05, 0.1) is 47.8 Å². The molecule has 2 amide bonds. The van der Waals surface area contributed by atoms with Gasteiger partial charge in [0.25, 0.3) is 0 Å². The SMILES string of the molecule is CCCCCCCCOC(=O)/N=c1/cc(NC(C)=O)c2[nH]c(C(=O)/C=C\OC)cc3cnc1c32. The van der Waals surface area contributed by atoms with Gasteiger partial charge < -0.3 is 19.8 Å². The first-order valence-corrected chi connectivity index (χ1v) is 11.5. The minimum atomic E-state index is -0.706. The van der Waals surface area contributed by atoms with E-state index in [1.165, 1.54) is 45.6 Å². The zero-order valence-corrected chi connectivity index (χ0v) is 19.8. The number of aromatic amines is 1. The Labute approximate surface area is 197 Å². The van der Waals surface area contributed by atoms with Gasteiger partial charge >= 0.3 is 6.09 Å². The van der Waals surface area contributed by atoms with Gasteiger partial charge in [-0.05, 0) is 18.6 Å². The van der Waals surface area contributed by atoms with E-state index in [-0.39, 0.29) is 17.0 Å². The van der Waals surface area contributed by atoms with Gasteiger partial charge in [-0.3, -0.25) is 14.6 Å². The van der Waals surface area contributed by atoms with E-state index < -0.39 is 6.09 Å². The number of pyridine rings is 1. The number of hydrogen-bond acceptors (Lipinski definition) is 6. The molecule has 0 atom stereocenters. The number of rotatable bonds is 11. The largest absolute Gasteiger partial charge is 0.504 e. The Balaban J connectivity index is 1.91. The molecule has 0 radical (unpaired) electrons. The van der Waals surface area contributed by atoms with Gasteiger partial charge in [-0.1, -0.05) is 39.0 Å². The third-order valence-electron chi connectivity index (χ3n) is 5.33. The van der Waals surface area contributed by atoms with Crippen molar-refractivity contribution in [2.45, 2.75) is 52.4 Å². The van der Waals surface area contributed by atoms with Crippen molar-refractivity contribution in [3.8, 4) is 0 Å². The first kappa shape index (κ1) is 24.9. The Morgan fingerprint density at radius 3 is 2.65 bits per heavy atom. The fourth-order valence-corrected chi connectivity index (χ4v) is 3.73. The number of allylic oxidation sites excluding steroid dienone is 1. The molecule has 9 heteroatoms. The molecule has 3 rings (SSSR count). The number of ketones is 1. The van der Waals surface area contributed by atoms with Crippen LogP contribution in [0.25, 0.3) is 21.8 Å². The molecule has 0 aliphatic carbocycles. The van der Waals surface area contributed by atoms with E-state index in [1.54, 1.807) is 18.3 Å². The number of amides is 2. The molecule has 0 aliphatic heterocycles. The van der Waals surface area contributed by atoms with Crippen LogP contribution in [0.15, 0.2) is 35.7 Å². The normalized spacial score (nSPS) is 12.0. The fraction of sp³-hybridized carbons (Fsp3) is 0.400. The highest BCUT2D eigenvalue weighted by Gasteiger charge is 2.17. The zero-order valence-electron chi connectivity index (χ0n) is 19.8. The number of nitrogens with one attached hydrogen (secondary N) is 2. The molecule has 9 nitrogen and oxygen atoms in total. The monoisotopic (exact) mass is 466 g/mol. The molecule has 180 valence electrons. The summed E-state index contributed by atoms with van der Waals surface area (Å²) in [7, 11) is 1.45. The topological polar surface area (TPSA) is 123 Å². The summed E-state index contributed by atoms with van der Waals surface area (Å²) in [5.74, 6) is -0.612. The Bertz CT molecular complexity index is 1260. The van der Waals surface area contributed by atoms with Gasteiger partial charge in [-0.25, -0.2) is 4.79 Å². The van der Waals surface area contributed by atoms with Crippen LogP contribution in [-0.4, -0.2) is 41.5 Å². The molecular formula is C25H30N4O5. The van der Waals surface area contributed by atoms with Crippen LogP contribution in [0.1, 0.15) is 62.9 Å². The molecule has 0 fully saturated rings. The number of carbonyl (C=O) groups excluding carboxylic acids is 3. The first-order chi connectivity index (χ1) is 16.4. The van der Waals surface area contributed by atoms with Gasteiger partial charge in [-0.2, -0.15) is 4.99 Å². The van der Waals surface area contributed by atoms with E-state index in [1.807, 2.05) is 0 Å². The van der Waals surface area contributed by atoms with Gasteiger partial charge in [0.1, 0.15) is 0 Å². The summed E-state index contributed by atoms with van der Waals surface area (Å²) in [4.78, 5) is 48.2. The van der Waals surface area contributed by atoms with Crippen LogP contribution in [0.4, 0.5) is 10.5 Å². The van der Waals surface area contributed by atoms with Crippen LogP contribution in [0.3, 0.4) is 0 Å². The Morgan fingerprint density at radius 2 is 1.91 bits per heavy atom. The van der Waals surface area contributed by atoms with Crippen molar-refractivity contribution in [1.82, 2.24) is 9.97 Å². The Kier molecular flexibility index (Phi) is 8.73. The first-order valence-electron chi connectivity index (χ1n) is 11.5. The Hall–Kier alpha value is -3.75. The lowest BCUT2D eigenvalue weighted by molar-refractivity contribution is -0.114. The number of hydrogen-bond donors (Lipinski definition) is 2. The van der Waals surface area contributed by atoms with E-state index in [0.717, 1.165) is 19.3 Å². The molecule has 0 bridgehead atoms. The minimum Gasteiger partial charge on any atom is -0.504 e. The quantitative estimate of drug-likeness (QED) is 0.180. The zero-order chi connectivity index (χ0) is 24.5. The highest BCUT2D eigenvalue weighted by Crippen LogP contribution is 2.29. The lowest BCUT2D eigenvalue weighted by atomic mass is 10.1. The van der Waals surface area contributed by atoms with Crippen LogP contribution in [0.5, 0.6) is 0 Å². The third kappa shape index (κ3) is 6.18. The second-order valence-corrected chi connectivity index (χ2v) is 8.02. The van der Waals surface area contributed by atoms with Crippen molar-refractivity contribution >= 4 is 45.3 Å². The smallest absolute Gasteiger partial charge is 0.434 e. The van der Waals surface area contributed by atoms with Gasteiger partial charge in [-0.15, -0.1) is 0 Å². The molecular weight excluding hydrogens is 436 g/mol. The van der Waals surface area contributed by atoms with E-state index in [4.69, 9.17) is 9.47 Å². The maximum absolute atomic E-state index is 12.5. The van der Waals surface area contributed by atoms with E-state index >= 15 is 0 Å². The molecule has 34 heavy (non-hydrogen) atoms. The number of ether oxygens (including phenoxy) is 2. The van der Waals surface area contributed by atoms with Gasteiger partial charge in [0.2, 0.25) is 11.7 Å². The maximum Gasteiger partial charge on any atom is 0.434 e. The molecule has 3 aromatic rings. The number of nitrogens with zero attached hydrogens (tertiary/aromatic N) is 2. The molecule has 1 aromatic carbocycles. The number of anilines is 1. The van der Waals surface area contributed by atoms with Gasteiger partial charge in [0.15, 0.2) is 0 Å². The fourth-order valence-electron chi connectivity index (χ4n) is 3.73. The molecule has 0 spiro atoms. The predicted octanol–water partition coefficient (Wildman–Crippen LogP) is 4.85. The highest BCUT2D eigenvalue weighted by atomic mass is 16.5. The average Bonchev–Trinajstić information content (AvgIpc) is 3.24. The lowest BCUT2D eigenvalue weighted by Crippen LogP contribution is -2.14. The van der Waals surface area contributed by atoms with Crippen molar-refractivity contribution in [1.29, 1.82) is 0 Å². The van der Waals surface area contributed by atoms with Crippen molar-refractivity contribution < 1.29 is 23.9 Å². The average molecular weight is 467 g/mol. The van der Waals surface area contributed by atoms with E-state index in [0.29, 0.717) is 39.8 Å². The van der Waals surface area contributed by atoms with Gasteiger partial charge in [0, 0.05) is 30.0 Å². The summed E-state index contributed by atoms with van der Waals surface area (Å²) in [5.41, 5.74) is 1.66. The number of H-pyrrole nitrogens is 1. The van der Waals surface area contributed by atoms with Crippen molar-refractivity contribution in [2.24, 2.45) is 4.99 Å². The molecule has 0 unspecified atom stereocenters. The van der Waals surface area contributed by atoms with E-state index in [2.05, 4.69) is 27.2 Å². The van der Waals surface area contributed by atoms with Crippen LogP contribution < -0.4 is 10.7 Å². The second kappa shape index (κ2) is 11.9. The highest BCUT2D eigenvalue weighted by molar-refractivity contribution is 6.16. The second-order valence-electron chi connectivity index (χ2n) is 8.02. The molecule has 0 saturated carbocycles. The van der Waals surface area contributed by atoms with Crippen LogP contribution in [0.2, 0.25) is 0 Å². The van der Waals surface area contributed by atoms with Crippen molar-refractivity contribution in [3.63, 3.8) is 0 Å². The van der Waals surface area contributed by atoms with E-state index in [9.17, 15) is 14.4 Å². The predicted molar refractivity (Wildman–Crippen MR) is 130 cm³/mol.